The summed E-state index contributed by atoms with van der Waals surface area (Å²) in [5.74, 6) is -0.160. The third-order valence-electron chi connectivity index (χ3n) is 2.39. The molecule has 2 rings (SSSR count). The van der Waals surface area contributed by atoms with Crippen LogP contribution in [0, 0.1) is 5.82 Å². The zero-order valence-electron chi connectivity index (χ0n) is 7.59. The lowest BCUT2D eigenvalue weighted by Gasteiger charge is -2.12. The molecule has 4 heteroatoms. The molecule has 0 amide bonds. The standard InChI is InChI=1S/C10H11BrFN.ClH/c11-9-4-3-7(12)6-8(9)10-2-1-5-13-10;/h3-4,6,10,13H,1-2,5H2;1H/t10-;/m0./s1. The highest BCUT2D eigenvalue weighted by atomic mass is 79.9. The van der Waals surface area contributed by atoms with Gasteiger partial charge in [-0.2, -0.15) is 0 Å². The van der Waals surface area contributed by atoms with Crippen molar-refractivity contribution in [2.75, 3.05) is 6.54 Å². The van der Waals surface area contributed by atoms with Crippen LogP contribution in [0.1, 0.15) is 24.4 Å². The highest BCUT2D eigenvalue weighted by Gasteiger charge is 2.18. The number of hydrogen-bond acceptors (Lipinski definition) is 1. The van der Waals surface area contributed by atoms with Crippen molar-refractivity contribution in [2.45, 2.75) is 18.9 Å². The van der Waals surface area contributed by atoms with Gasteiger partial charge in [-0.3, -0.25) is 0 Å². The van der Waals surface area contributed by atoms with E-state index in [1.807, 2.05) is 0 Å². The van der Waals surface area contributed by atoms with Gasteiger partial charge in [0.1, 0.15) is 5.82 Å². The molecule has 1 atom stereocenters. The Hall–Kier alpha value is -0.120. The van der Waals surface area contributed by atoms with E-state index in [-0.39, 0.29) is 18.2 Å². The van der Waals surface area contributed by atoms with Crippen LogP contribution in [0.4, 0.5) is 4.39 Å². The van der Waals surface area contributed by atoms with Crippen LogP contribution in [-0.4, -0.2) is 6.54 Å². The van der Waals surface area contributed by atoms with Crippen LogP contribution in [0.25, 0.3) is 0 Å². The Kier molecular flexibility index (Phi) is 4.35. The van der Waals surface area contributed by atoms with E-state index < -0.39 is 0 Å². The lowest BCUT2D eigenvalue weighted by Crippen LogP contribution is -2.13. The average molecular weight is 281 g/mol. The molecule has 1 aromatic rings. The summed E-state index contributed by atoms with van der Waals surface area (Å²) in [4.78, 5) is 0. The molecule has 14 heavy (non-hydrogen) atoms. The van der Waals surface area contributed by atoms with E-state index in [2.05, 4.69) is 21.2 Å². The summed E-state index contributed by atoms with van der Waals surface area (Å²) in [6.45, 7) is 1.04. The van der Waals surface area contributed by atoms with Crippen molar-refractivity contribution in [3.05, 3.63) is 34.1 Å². The highest BCUT2D eigenvalue weighted by molar-refractivity contribution is 9.10. The van der Waals surface area contributed by atoms with Gasteiger partial charge < -0.3 is 5.32 Å². The monoisotopic (exact) mass is 279 g/mol. The van der Waals surface area contributed by atoms with E-state index in [0.29, 0.717) is 6.04 Å². The molecule has 1 aromatic carbocycles. The topological polar surface area (TPSA) is 12.0 Å². The van der Waals surface area contributed by atoms with Gasteiger partial charge in [0.2, 0.25) is 0 Å². The fourth-order valence-corrected chi connectivity index (χ4v) is 2.25. The Bertz CT molecular complexity index is 313. The van der Waals surface area contributed by atoms with E-state index in [9.17, 15) is 4.39 Å². The van der Waals surface area contributed by atoms with Gasteiger partial charge in [-0.25, -0.2) is 4.39 Å². The molecule has 1 aliphatic rings. The Labute approximate surface area is 97.6 Å². The number of halogens is 3. The third kappa shape index (κ3) is 2.47. The van der Waals surface area contributed by atoms with E-state index in [1.165, 1.54) is 12.5 Å². The van der Waals surface area contributed by atoms with Gasteiger partial charge in [-0.15, -0.1) is 12.4 Å². The van der Waals surface area contributed by atoms with E-state index >= 15 is 0 Å². The van der Waals surface area contributed by atoms with Crippen molar-refractivity contribution in [1.29, 1.82) is 0 Å². The molecule has 0 saturated carbocycles. The largest absolute Gasteiger partial charge is 0.310 e. The fraction of sp³-hybridized carbons (Fsp3) is 0.400. The maximum Gasteiger partial charge on any atom is 0.123 e. The minimum atomic E-state index is -0.160. The van der Waals surface area contributed by atoms with Crippen LogP contribution in [0.5, 0.6) is 0 Å². The Morgan fingerprint density at radius 1 is 1.43 bits per heavy atom. The van der Waals surface area contributed by atoms with Crippen molar-refractivity contribution in [3.63, 3.8) is 0 Å². The summed E-state index contributed by atoms with van der Waals surface area (Å²) in [7, 11) is 0. The molecule has 0 unspecified atom stereocenters. The van der Waals surface area contributed by atoms with Crippen LogP contribution in [0.3, 0.4) is 0 Å². The van der Waals surface area contributed by atoms with Crippen LogP contribution < -0.4 is 5.32 Å². The highest BCUT2D eigenvalue weighted by Crippen LogP contribution is 2.29. The van der Waals surface area contributed by atoms with E-state index in [0.717, 1.165) is 23.0 Å². The van der Waals surface area contributed by atoms with Crippen LogP contribution in [-0.2, 0) is 0 Å². The second kappa shape index (κ2) is 5.10. The SMILES string of the molecule is Cl.Fc1ccc(Br)c([C@@H]2CCCN2)c1. The Balaban J connectivity index is 0.000000980. The minimum Gasteiger partial charge on any atom is -0.310 e. The number of benzene rings is 1. The van der Waals surface area contributed by atoms with Crippen LogP contribution in [0.15, 0.2) is 22.7 Å². The summed E-state index contributed by atoms with van der Waals surface area (Å²) in [5.41, 5.74) is 1.04. The number of hydrogen-bond donors (Lipinski definition) is 1. The predicted molar refractivity (Wildman–Crippen MR) is 61.3 cm³/mol. The molecule has 1 nitrogen and oxygen atoms in total. The van der Waals surface area contributed by atoms with Gasteiger partial charge in [0.05, 0.1) is 0 Å². The molecule has 1 saturated heterocycles. The van der Waals surface area contributed by atoms with E-state index in [4.69, 9.17) is 0 Å². The normalized spacial score (nSPS) is 20.6. The van der Waals surface area contributed by atoms with Gasteiger partial charge in [-0.05, 0) is 43.1 Å². The Morgan fingerprint density at radius 2 is 2.21 bits per heavy atom. The zero-order chi connectivity index (χ0) is 9.26. The first kappa shape index (κ1) is 12.0. The Morgan fingerprint density at radius 3 is 2.86 bits per heavy atom. The maximum absolute atomic E-state index is 13.0. The summed E-state index contributed by atoms with van der Waals surface area (Å²) in [5, 5.41) is 3.34. The first-order valence-electron chi connectivity index (χ1n) is 4.46. The average Bonchev–Trinajstić information content (AvgIpc) is 2.61. The van der Waals surface area contributed by atoms with Gasteiger partial charge in [0.25, 0.3) is 0 Å². The molecular formula is C10H12BrClFN. The molecule has 0 aromatic heterocycles. The first-order chi connectivity index (χ1) is 6.27. The van der Waals surface area contributed by atoms with Crippen molar-refractivity contribution in [2.24, 2.45) is 0 Å². The molecular weight excluding hydrogens is 268 g/mol. The van der Waals surface area contributed by atoms with Crippen LogP contribution >= 0.6 is 28.3 Å². The summed E-state index contributed by atoms with van der Waals surface area (Å²) < 4.78 is 13.9. The van der Waals surface area contributed by atoms with Crippen molar-refractivity contribution >= 4 is 28.3 Å². The van der Waals surface area contributed by atoms with Crippen molar-refractivity contribution in [1.82, 2.24) is 5.32 Å². The maximum atomic E-state index is 13.0. The van der Waals surface area contributed by atoms with Gasteiger partial charge in [0.15, 0.2) is 0 Å². The molecule has 1 fully saturated rings. The van der Waals surface area contributed by atoms with E-state index in [1.54, 1.807) is 12.1 Å². The minimum absolute atomic E-state index is 0. The van der Waals surface area contributed by atoms with Gasteiger partial charge >= 0.3 is 0 Å². The quantitative estimate of drug-likeness (QED) is 0.831. The van der Waals surface area contributed by atoms with Gasteiger partial charge in [0, 0.05) is 10.5 Å². The molecule has 1 heterocycles. The van der Waals surface area contributed by atoms with Crippen LogP contribution in [0.2, 0.25) is 0 Å². The fourth-order valence-electron chi connectivity index (χ4n) is 1.73. The molecule has 0 radical (unpaired) electrons. The van der Waals surface area contributed by atoms with Crippen molar-refractivity contribution in [3.8, 4) is 0 Å². The zero-order valence-corrected chi connectivity index (χ0v) is 10.00. The lowest BCUT2D eigenvalue weighted by atomic mass is 10.1. The molecule has 0 aliphatic carbocycles. The molecule has 1 N–H and O–H groups in total. The lowest BCUT2D eigenvalue weighted by molar-refractivity contribution is 0.605. The second-order valence-corrected chi connectivity index (χ2v) is 4.17. The number of rotatable bonds is 1. The summed E-state index contributed by atoms with van der Waals surface area (Å²) in [6.07, 6.45) is 2.27. The summed E-state index contributed by atoms with van der Waals surface area (Å²) >= 11 is 3.43. The molecule has 0 spiro atoms. The molecule has 78 valence electrons. The molecule has 1 aliphatic heterocycles. The molecule has 0 bridgehead atoms. The predicted octanol–water partition coefficient (Wildman–Crippen LogP) is 3.43. The van der Waals surface area contributed by atoms with Crippen molar-refractivity contribution < 1.29 is 4.39 Å². The first-order valence-corrected chi connectivity index (χ1v) is 5.25. The van der Waals surface area contributed by atoms with Gasteiger partial charge in [-0.1, -0.05) is 15.9 Å². The smallest absolute Gasteiger partial charge is 0.123 e. The number of nitrogens with one attached hydrogen (secondary N) is 1. The third-order valence-corrected chi connectivity index (χ3v) is 3.12. The summed E-state index contributed by atoms with van der Waals surface area (Å²) in [6, 6.07) is 5.17. The second-order valence-electron chi connectivity index (χ2n) is 3.31.